The van der Waals surface area contributed by atoms with E-state index < -0.39 is 0 Å². The molecule has 0 saturated carbocycles. The predicted molar refractivity (Wildman–Crippen MR) is 53.9 cm³/mol. The second-order valence-corrected chi connectivity index (χ2v) is 3.36. The highest BCUT2D eigenvalue weighted by Crippen LogP contribution is 2.23. The molecule has 0 aliphatic rings. The normalized spacial score (nSPS) is 9.50. The van der Waals surface area contributed by atoms with E-state index in [4.69, 9.17) is 5.73 Å². The van der Waals surface area contributed by atoms with Gasteiger partial charge in [0.15, 0.2) is 5.82 Å². The van der Waals surface area contributed by atoms with E-state index in [0.29, 0.717) is 17.9 Å². The Labute approximate surface area is 83.4 Å². The van der Waals surface area contributed by atoms with Gasteiger partial charge in [-0.2, -0.15) is 0 Å². The summed E-state index contributed by atoms with van der Waals surface area (Å²) in [5, 5.41) is 0. The van der Waals surface area contributed by atoms with Crippen molar-refractivity contribution in [2.75, 3.05) is 10.0 Å². The van der Waals surface area contributed by atoms with Crippen molar-refractivity contribution in [3.8, 4) is 0 Å². The molecule has 0 fully saturated rings. The van der Waals surface area contributed by atoms with E-state index in [0.717, 1.165) is 8.78 Å². The summed E-state index contributed by atoms with van der Waals surface area (Å²) in [7, 11) is 0. The van der Waals surface area contributed by atoms with Crippen molar-refractivity contribution in [1.82, 2.24) is 4.98 Å². The Kier molecular flexibility index (Phi) is 2.93. The second-order valence-electron chi connectivity index (χ2n) is 2.02. The smallest absolute Gasteiger partial charge is 0.225 e. The molecule has 1 rings (SSSR count). The molecule has 64 valence electrons. The van der Waals surface area contributed by atoms with Gasteiger partial charge in [-0.05, 0) is 22.0 Å². The van der Waals surface area contributed by atoms with Gasteiger partial charge in [-0.15, -0.1) is 0 Å². The number of rotatable bonds is 2. The fourth-order valence-electron chi connectivity index (χ4n) is 0.689. The van der Waals surface area contributed by atoms with Crippen LogP contribution < -0.4 is 10.0 Å². The number of carbonyl (C=O) groups excluding carboxylic acids is 1. The number of halogens is 1. The molecule has 0 bridgehead atoms. The van der Waals surface area contributed by atoms with Crippen LogP contribution >= 0.6 is 28.7 Å². The van der Waals surface area contributed by atoms with Crippen molar-refractivity contribution in [1.29, 1.82) is 0 Å². The van der Waals surface area contributed by atoms with Gasteiger partial charge in [-0.25, -0.2) is 9.29 Å². The summed E-state index contributed by atoms with van der Waals surface area (Å²) in [6.07, 6.45) is 2.06. The van der Waals surface area contributed by atoms with Crippen molar-refractivity contribution < 1.29 is 4.79 Å². The number of nitrogens with zero attached hydrogens (tertiary/aromatic N) is 2. The van der Waals surface area contributed by atoms with Crippen LogP contribution in [0.4, 0.5) is 11.5 Å². The maximum atomic E-state index is 10.3. The average molecular weight is 248 g/mol. The van der Waals surface area contributed by atoms with Gasteiger partial charge in [-0.1, -0.05) is 12.8 Å². The minimum absolute atomic E-state index is 0.330. The van der Waals surface area contributed by atoms with Crippen LogP contribution in [-0.4, -0.2) is 11.4 Å². The lowest BCUT2D eigenvalue weighted by Crippen LogP contribution is -2.10. The lowest BCUT2D eigenvalue weighted by molar-refractivity contribution is -0.106. The van der Waals surface area contributed by atoms with Gasteiger partial charge < -0.3 is 5.73 Å². The summed E-state index contributed by atoms with van der Waals surface area (Å²) in [4.78, 5) is 14.2. The van der Waals surface area contributed by atoms with E-state index >= 15 is 0 Å². The minimum atomic E-state index is 0.330. The lowest BCUT2D eigenvalue weighted by Gasteiger charge is -2.09. The second kappa shape index (κ2) is 3.77. The summed E-state index contributed by atoms with van der Waals surface area (Å²) in [6.45, 7) is 0. The fourth-order valence-corrected chi connectivity index (χ4v) is 1.21. The van der Waals surface area contributed by atoms with Crippen LogP contribution in [0.25, 0.3) is 0 Å². The SMILES string of the molecule is Nc1cc(Br)cnc1N(S)C=O. The average Bonchev–Trinajstić information content (AvgIpc) is 2.03. The molecule has 1 amide bonds. The zero-order valence-corrected chi connectivity index (χ0v) is 8.42. The number of nitrogen functional groups attached to an aromatic ring is 1. The topological polar surface area (TPSA) is 59.2 Å². The first kappa shape index (κ1) is 9.34. The Morgan fingerprint density at radius 3 is 2.92 bits per heavy atom. The molecule has 0 aliphatic heterocycles. The number of pyridine rings is 1. The standard InChI is InChI=1S/C6H6BrN3OS/c7-4-1-5(8)6(9-2-4)10(12)3-11/h1-3,12H,8H2. The van der Waals surface area contributed by atoms with Crippen LogP contribution in [0.1, 0.15) is 0 Å². The van der Waals surface area contributed by atoms with Crippen LogP contribution in [0.2, 0.25) is 0 Å². The van der Waals surface area contributed by atoms with Crippen molar-refractivity contribution in [2.24, 2.45) is 0 Å². The van der Waals surface area contributed by atoms with E-state index in [1.54, 1.807) is 12.3 Å². The van der Waals surface area contributed by atoms with E-state index in [9.17, 15) is 4.79 Å². The van der Waals surface area contributed by atoms with Crippen molar-refractivity contribution in [3.05, 3.63) is 16.7 Å². The van der Waals surface area contributed by atoms with E-state index in [1.807, 2.05) is 0 Å². The Morgan fingerprint density at radius 1 is 1.75 bits per heavy atom. The first-order chi connectivity index (χ1) is 5.65. The lowest BCUT2D eigenvalue weighted by atomic mass is 10.4. The number of hydrogen-bond acceptors (Lipinski definition) is 4. The van der Waals surface area contributed by atoms with Crippen LogP contribution in [0.3, 0.4) is 0 Å². The minimum Gasteiger partial charge on any atom is -0.396 e. The quantitative estimate of drug-likeness (QED) is 0.611. The molecular weight excluding hydrogens is 242 g/mol. The summed E-state index contributed by atoms with van der Waals surface area (Å²) >= 11 is 7.02. The predicted octanol–water partition coefficient (Wildman–Crippen LogP) is 1.23. The highest BCUT2D eigenvalue weighted by Gasteiger charge is 2.06. The molecule has 0 aliphatic carbocycles. The summed E-state index contributed by atoms with van der Waals surface area (Å²) in [5.74, 6) is 0.330. The van der Waals surface area contributed by atoms with Crippen LogP contribution in [0.5, 0.6) is 0 Å². The molecule has 1 aromatic heterocycles. The molecule has 12 heavy (non-hydrogen) atoms. The third-order valence-electron chi connectivity index (χ3n) is 1.18. The third kappa shape index (κ3) is 1.89. The fraction of sp³-hybridized carbons (Fsp3) is 0. The summed E-state index contributed by atoms with van der Waals surface area (Å²) in [5.41, 5.74) is 5.95. The monoisotopic (exact) mass is 247 g/mol. The van der Waals surface area contributed by atoms with Crippen LogP contribution in [0.15, 0.2) is 16.7 Å². The van der Waals surface area contributed by atoms with Crippen LogP contribution in [-0.2, 0) is 4.79 Å². The van der Waals surface area contributed by atoms with Gasteiger partial charge in [0.1, 0.15) is 0 Å². The van der Waals surface area contributed by atoms with Gasteiger partial charge in [0.2, 0.25) is 6.41 Å². The van der Waals surface area contributed by atoms with E-state index in [1.165, 1.54) is 0 Å². The number of amides is 1. The number of carbonyl (C=O) groups is 1. The van der Waals surface area contributed by atoms with Gasteiger partial charge in [0.25, 0.3) is 0 Å². The largest absolute Gasteiger partial charge is 0.396 e. The molecule has 0 saturated heterocycles. The zero-order chi connectivity index (χ0) is 9.14. The molecule has 0 radical (unpaired) electrons. The molecule has 0 aromatic carbocycles. The maximum absolute atomic E-state index is 10.3. The van der Waals surface area contributed by atoms with Crippen molar-refractivity contribution in [3.63, 3.8) is 0 Å². The van der Waals surface area contributed by atoms with Gasteiger partial charge in [0, 0.05) is 10.7 Å². The molecule has 6 heteroatoms. The summed E-state index contributed by atoms with van der Waals surface area (Å²) in [6, 6.07) is 1.65. The van der Waals surface area contributed by atoms with Gasteiger partial charge in [-0.3, -0.25) is 4.79 Å². The Balaban J connectivity index is 3.09. The third-order valence-corrected chi connectivity index (χ3v) is 1.90. The first-order valence-electron chi connectivity index (χ1n) is 2.99. The molecule has 1 heterocycles. The van der Waals surface area contributed by atoms with E-state index in [-0.39, 0.29) is 0 Å². The Bertz CT molecular complexity index is 307. The van der Waals surface area contributed by atoms with E-state index in [2.05, 4.69) is 33.7 Å². The highest BCUT2D eigenvalue weighted by molar-refractivity contribution is 9.10. The number of thiol groups is 1. The number of aromatic nitrogens is 1. The highest BCUT2D eigenvalue weighted by atomic mass is 79.9. The van der Waals surface area contributed by atoms with Gasteiger partial charge >= 0.3 is 0 Å². The Hall–Kier alpha value is -0.750. The van der Waals surface area contributed by atoms with Gasteiger partial charge in [0.05, 0.1) is 5.69 Å². The van der Waals surface area contributed by atoms with Crippen molar-refractivity contribution >= 4 is 46.7 Å². The molecule has 1 aromatic rings. The molecule has 0 unspecified atom stereocenters. The Morgan fingerprint density at radius 2 is 2.42 bits per heavy atom. The summed E-state index contributed by atoms with van der Waals surface area (Å²) < 4.78 is 1.78. The molecule has 0 atom stereocenters. The number of hydrogen-bond donors (Lipinski definition) is 2. The molecule has 2 N–H and O–H groups in total. The maximum Gasteiger partial charge on any atom is 0.225 e. The zero-order valence-electron chi connectivity index (χ0n) is 5.94. The van der Waals surface area contributed by atoms with Crippen LogP contribution in [0, 0.1) is 0 Å². The number of nitrogens with two attached hydrogens (primary N) is 1. The van der Waals surface area contributed by atoms with Crippen molar-refractivity contribution in [2.45, 2.75) is 0 Å². The molecule has 4 nitrogen and oxygen atoms in total. The number of anilines is 2. The molecule has 0 spiro atoms. The first-order valence-corrected chi connectivity index (χ1v) is 4.19. The molecular formula is C6H6BrN3OS.